The molecule has 1 aliphatic carbocycles. The first kappa shape index (κ1) is 41.4. The van der Waals surface area contributed by atoms with Gasteiger partial charge >= 0.3 is 0 Å². The van der Waals surface area contributed by atoms with E-state index < -0.39 is 61.4 Å². The molecule has 0 spiro atoms. The minimum absolute atomic E-state index is 0.137. The summed E-state index contributed by atoms with van der Waals surface area (Å²) in [6, 6.07) is 49.7. The summed E-state index contributed by atoms with van der Waals surface area (Å²) >= 11 is 0. The van der Waals surface area contributed by atoms with Gasteiger partial charge in [-0.1, -0.05) is 152 Å². The van der Waals surface area contributed by atoms with Crippen LogP contribution in [0.2, 0.25) is 0 Å². The van der Waals surface area contributed by atoms with Gasteiger partial charge in [0.05, 0.1) is 51.8 Å². The molecule has 0 unspecified atom stereocenters. The highest BCUT2D eigenvalue weighted by Crippen LogP contribution is 2.41. The maximum Gasteiger partial charge on any atom is 0.186 e. The largest absolute Gasteiger partial charge is 0.388 e. The number of methoxy groups -OCH3 is 1. The van der Waals surface area contributed by atoms with Crippen LogP contribution in [0.1, 0.15) is 40.5 Å². The van der Waals surface area contributed by atoms with Crippen molar-refractivity contribution in [3.63, 3.8) is 0 Å². The molecule has 10 heteroatoms. The van der Waals surface area contributed by atoms with Crippen molar-refractivity contribution in [1.82, 2.24) is 0 Å². The average Bonchev–Trinajstić information content (AvgIpc) is 3.29. The highest BCUT2D eigenvalue weighted by atomic mass is 16.7. The van der Waals surface area contributed by atoms with Gasteiger partial charge in [0.2, 0.25) is 0 Å². The fourth-order valence-electron chi connectivity index (χ4n) is 8.21. The molecule has 5 aromatic rings. The van der Waals surface area contributed by atoms with Crippen molar-refractivity contribution < 1.29 is 47.7 Å². The number of rotatable bonds is 17. The topological polar surface area (TPSA) is 103 Å². The van der Waals surface area contributed by atoms with Crippen molar-refractivity contribution in [2.75, 3.05) is 20.3 Å². The van der Waals surface area contributed by atoms with Crippen LogP contribution in [0, 0.1) is 5.92 Å². The molecule has 2 saturated heterocycles. The van der Waals surface area contributed by atoms with Crippen LogP contribution in [0.15, 0.2) is 152 Å². The van der Waals surface area contributed by atoms with E-state index in [-0.39, 0.29) is 25.7 Å². The highest BCUT2D eigenvalue weighted by molar-refractivity contribution is 5.18. The van der Waals surface area contributed by atoms with Gasteiger partial charge in [0.1, 0.15) is 36.6 Å². The van der Waals surface area contributed by atoms with Gasteiger partial charge in [-0.25, -0.2) is 0 Å². The molecule has 59 heavy (non-hydrogen) atoms. The summed E-state index contributed by atoms with van der Waals surface area (Å²) in [5.41, 5.74) is 4.91. The molecule has 1 saturated carbocycles. The highest BCUT2D eigenvalue weighted by Gasteiger charge is 2.54. The molecule has 0 amide bonds. The summed E-state index contributed by atoms with van der Waals surface area (Å²) < 4.78 is 59.4. The van der Waals surface area contributed by atoms with Gasteiger partial charge in [0.25, 0.3) is 0 Å². The Morgan fingerprint density at radius 1 is 0.559 bits per heavy atom. The monoisotopic (exact) mass is 802 g/mol. The molecule has 10 nitrogen and oxygen atoms in total. The van der Waals surface area contributed by atoms with Crippen LogP contribution in [0.4, 0.5) is 0 Å². The standard InChI is InChI=1S/C49H54O10/c1-51-49-47(55-31-37-23-13-5-14-24-37)46(54-30-36-21-11-4-12-22-36)44(41(58-49)33-52-28-34-17-7-2-8-18-34)57-40-27-39-32-56-48(38-25-15-6-16-26-38)59-43(39)45(42(40)50)53-29-35-19-9-3-10-20-35/h2-26,39-50H,27-33H2,1H3/t39-,40-,41-,42+,43-,44-,45-,46+,47-,48-,49+/m1/s1. The molecule has 0 aromatic heterocycles. The van der Waals surface area contributed by atoms with Gasteiger partial charge in [0, 0.05) is 18.6 Å². The van der Waals surface area contributed by atoms with E-state index in [1.54, 1.807) is 7.11 Å². The lowest BCUT2D eigenvalue weighted by Gasteiger charge is -2.51. The Hall–Kier alpha value is -4.30. The van der Waals surface area contributed by atoms with E-state index in [0.717, 1.165) is 27.8 Å². The van der Waals surface area contributed by atoms with Crippen molar-refractivity contribution in [2.24, 2.45) is 5.92 Å². The molecule has 0 bridgehead atoms. The van der Waals surface area contributed by atoms with Crippen LogP contribution in [0.5, 0.6) is 0 Å². The smallest absolute Gasteiger partial charge is 0.186 e. The Morgan fingerprint density at radius 2 is 1.05 bits per heavy atom. The quantitative estimate of drug-likeness (QED) is 0.101. The van der Waals surface area contributed by atoms with Gasteiger partial charge in [-0.2, -0.15) is 0 Å². The molecule has 11 atom stereocenters. The summed E-state index contributed by atoms with van der Waals surface area (Å²) in [6.07, 6.45) is -6.72. The second kappa shape index (κ2) is 20.8. The predicted octanol–water partition coefficient (Wildman–Crippen LogP) is 7.58. The Morgan fingerprint density at radius 3 is 1.59 bits per heavy atom. The Bertz CT molecular complexity index is 1940. The van der Waals surface area contributed by atoms with Crippen LogP contribution in [0.25, 0.3) is 0 Å². The number of aliphatic hydroxyl groups excluding tert-OH is 1. The SMILES string of the molecule is CO[C@H]1O[C@H](COCc2ccccc2)[C@@H](O[C@@H]2C[C@@H]3CO[C@@H](c4ccccc4)O[C@H]3[C@H](OCc3ccccc3)[C@H]2O)[C@H](OCc2ccccc2)[C@H]1OCc1ccccc1. The molecular formula is C49H54O10. The second-order valence-electron chi connectivity index (χ2n) is 15.4. The molecule has 1 N–H and O–H groups in total. The third-order valence-corrected chi connectivity index (χ3v) is 11.3. The Kier molecular flexibility index (Phi) is 14.6. The van der Waals surface area contributed by atoms with Gasteiger partial charge in [-0.15, -0.1) is 0 Å². The molecule has 5 aromatic carbocycles. The van der Waals surface area contributed by atoms with Crippen molar-refractivity contribution in [1.29, 1.82) is 0 Å². The van der Waals surface area contributed by atoms with E-state index >= 15 is 0 Å². The maximum absolute atomic E-state index is 12.4. The van der Waals surface area contributed by atoms with Gasteiger partial charge in [-0.05, 0) is 28.7 Å². The molecular weight excluding hydrogens is 749 g/mol. The molecule has 0 radical (unpaired) electrons. The third-order valence-electron chi connectivity index (χ3n) is 11.3. The molecule has 3 aliphatic rings. The minimum atomic E-state index is -1.07. The van der Waals surface area contributed by atoms with E-state index in [1.807, 2.05) is 152 Å². The average molecular weight is 803 g/mol. The van der Waals surface area contributed by atoms with Crippen LogP contribution < -0.4 is 0 Å². The minimum Gasteiger partial charge on any atom is -0.388 e. The lowest BCUT2D eigenvalue weighted by Crippen LogP contribution is -2.65. The van der Waals surface area contributed by atoms with Crippen molar-refractivity contribution >= 4 is 0 Å². The van der Waals surface area contributed by atoms with Gasteiger partial charge in [-0.3, -0.25) is 0 Å². The number of hydrogen-bond acceptors (Lipinski definition) is 10. The van der Waals surface area contributed by atoms with Crippen LogP contribution in [-0.4, -0.2) is 80.6 Å². The number of ether oxygens (including phenoxy) is 9. The summed E-state index contributed by atoms with van der Waals surface area (Å²) in [5.74, 6) is -0.137. The Balaban J connectivity index is 1.09. The Labute approximate surface area is 346 Å². The van der Waals surface area contributed by atoms with E-state index in [4.69, 9.17) is 42.6 Å². The van der Waals surface area contributed by atoms with Crippen molar-refractivity contribution in [3.05, 3.63) is 179 Å². The lowest BCUT2D eigenvalue weighted by molar-refractivity contribution is -0.342. The fourth-order valence-corrected chi connectivity index (χ4v) is 8.21. The fraction of sp³-hybridized carbons (Fsp3) is 0.388. The van der Waals surface area contributed by atoms with Crippen LogP contribution in [0.3, 0.4) is 0 Å². The van der Waals surface area contributed by atoms with Crippen LogP contribution >= 0.6 is 0 Å². The van der Waals surface area contributed by atoms with Gasteiger partial charge in [0.15, 0.2) is 12.6 Å². The molecule has 3 fully saturated rings. The molecule has 2 heterocycles. The van der Waals surface area contributed by atoms with Gasteiger partial charge < -0.3 is 47.7 Å². The molecule has 2 aliphatic heterocycles. The summed E-state index contributed by atoms with van der Waals surface area (Å²) in [6.45, 7) is 1.81. The summed E-state index contributed by atoms with van der Waals surface area (Å²) in [7, 11) is 1.60. The molecule has 310 valence electrons. The number of benzene rings is 5. The van der Waals surface area contributed by atoms with Crippen LogP contribution in [-0.2, 0) is 69.1 Å². The van der Waals surface area contributed by atoms with Crippen molar-refractivity contribution in [3.8, 4) is 0 Å². The first-order chi connectivity index (χ1) is 29.1. The predicted molar refractivity (Wildman–Crippen MR) is 220 cm³/mol. The third kappa shape index (κ3) is 10.7. The van der Waals surface area contributed by atoms with E-state index in [1.165, 1.54) is 0 Å². The summed E-state index contributed by atoms with van der Waals surface area (Å²) in [5, 5.41) is 12.4. The number of fused-ring (bicyclic) bond motifs is 1. The maximum atomic E-state index is 12.4. The van der Waals surface area contributed by atoms with Crippen molar-refractivity contribution in [2.45, 2.75) is 94.3 Å². The number of aliphatic hydroxyl groups is 1. The first-order valence-electron chi connectivity index (χ1n) is 20.5. The first-order valence-corrected chi connectivity index (χ1v) is 20.5. The normalized spacial score (nSPS) is 29.4. The lowest BCUT2D eigenvalue weighted by atomic mass is 9.80. The zero-order valence-electron chi connectivity index (χ0n) is 33.4. The van der Waals surface area contributed by atoms with E-state index in [9.17, 15) is 5.11 Å². The number of hydrogen-bond donors (Lipinski definition) is 1. The summed E-state index contributed by atoms with van der Waals surface area (Å²) in [4.78, 5) is 0. The van der Waals surface area contributed by atoms with E-state index in [2.05, 4.69) is 0 Å². The zero-order valence-corrected chi connectivity index (χ0v) is 33.4. The zero-order chi connectivity index (χ0) is 40.2. The van der Waals surface area contributed by atoms with E-state index in [0.29, 0.717) is 26.2 Å². The second-order valence-corrected chi connectivity index (χ2v) is 15.4. The molecule has 8 rings (SSSR count).